The predicted molar refractivity (Wildman–Crippen MR) is 111 cm³/mol. The van der Waals surface area contributed by atoms with Crippen molar-refractivity contribution in [1.29, 1.82) is 0 Å². The van der Waals surface area contributed by atoms with Crippen LogP contribution in [0.2, 0.25) is 0 Å². The number of hydrogen-bond acceptors (Lipinski definition) is 6. The minimum atomic E-state index is -3.86. The summed E-state index contributed by atoms with van der Waals surface area (Å²) in [6, 6.07) is 9.57. The van der Waals surface area contributed by atoms with E-state index in [9.17, 15) is 13.2 Å². The lowest BCUT2D eigenvalue weighted by Gasteiger charge is -2.18. The van der Waals surface area contributed by atoms with Crippen molar-refractivity contribution in [2.24, 2.45) is 0 Å². The van der Waals surface area contributed by atoms with Crippen LogP contribution in [0.1, 0.15) is 24.1 Å². The molecule has 3 aromatic heterocycles. The van der Waals surface area contributed by atoms with Crippen LogP contribution in [0.5, 0.6) is 0 Å². The van der Waals surface area contributed by atoms with Gasteiger partial charge in [0.2, 0.25) is 10.0 Å². The Balaban J connectivity index is 1.69. The first-order valence-electron chi connectivity index (χ1n) is 9.04. The van der Waals surface area contributed by atoms with Crippen LogP contribution in [0.3, 0.4) is 0 Å². The van der Waals surface area contributed by atoms with Crippen molar-refractivity contribution >= 4 is 32.5 Å². The number of fused-ring (bicyclic) bond motifs is 1. The summed E-state index contributed by atoms with van der Waals surface area (Å²) in [5.74, 6) is -0.504. The van der Waals surface area contributed by atoms with E-state index in [0.29, 0.717) is 18.5 Å². The van der Waals surface area contributed by atoms with Gasteiger partial charge in [0, 0.05) is 25.0 Å². The zero-order valence-electron chi connectivity index (χ0n) is 15.6. The second kappa shape index (κ2) is 7.94. The highest BCUT2D eigenvalue weighted by Gasteiger charge is 2.23. The molecule has 0 fully saturated rings. The van der Waals surface area contributed by atoms with E-state index in [-0.39, 0.29) is 10.5 Å². The lowest BCUT2D eigenvalue weighted by atomic mass is 10.0. The maximum Gasteiger partial charge on any atom is 0.419 e. The molecule has 0 spiro atoms. The maximum atomic E-state index is 13.1. The molecule has 7 nitrogen and oxygen atoms in total. The molecule has 0 saturated heterocycles. The van der Waals surface area contributed by atoms with Gasteiger partial charge < -0.3 is 4.42 Å². The number of thiophene rings is 1. The van der Waals surface area contributed by atoms with Gasteiger partial charge in [0.05, 0.1) is 16.5 Å². The van der Waals surface area contributed by atoms with Crippen LogP contribution in [0.15, 0.2) is 73.7 Å². The first-order chi connectivity index (χ1) is 14.0. The van der Waals surface area contributed by atoms with Crippen LogP contribution in [0.4, 0.5) is 0 Å². The van der Waals surface area contributed by atoms with Gasteiger partial charge in [0.1, 0.15) is 0 Å². The molecule has 3 heterocycles. The van der Waals surface area contributed by atoms with Crippen molar-refractivity contribution in [3.8, 4) is 0 Å². The minimum Gasteiger partial charge on any atom is -0.408 e. The number of sulfonamides is 1. The molecule has 0 aliphatic carbocycles. The normalized spacial score (nSPS) is 13.0. The third-order valence-electron chi connectivity index (χ3n) is 4.67. The molecule has 0 unspecified atom stereocenters. The fraction of sp³-hybridized carbons (Fsp3) is 0.200. The predicted octanol–water partition coefficient (Wildman–Crippen LogP) is 3.33. The van der Waals surface area contributed by atoms with Gasteiger partial charge in [0.25, 0.3) is 0 Å². The Hall–Kier alpha value is -2.75. The summed E-state index contributed by atoms with van der Waals surface area (Å²) in [4.78, 5) is 16.1. The number of aromatic nitrogens is 2. The number of hydrogen-bond donors (Lipinski definition) is 1. The minimum absolute atomic E-state index is 0.0428. The Bertz CT molecular complexity index is 1280. The number of nitrogens with zero attached hydrogens (tertiary/aromatic N) is 2. The van der Waals surface area contributed by atoms with E-state index in [0.717, 1.165) is 11.1 Å². The molecule has 1 atom stereocenters. The third-order valence-corrected chi connectivity index (χ3v) is 6.87. The number of benzene rings is 1. The SMILES string of the molecule is CCn1c(=O)oc2cc(S(=O)(=O)N[C@@H](Cc3ccsc3)c3cccnc3)ccc21. The Morgan fingerprint density at radius 3 is 2.83 bits per heavy atom. The zero-order chi connectivity index (χ0) is 20.4. The summed E-state index contributed by atoms with van der Waals surface area (Å²) in [7, 11) is -3.86. The van der Waals surface area contributed by atoms with Crippen LogP contribution in [0, 0.1) is 0 Å². The van der Waals surface area contributed by atoms with Gasteiger partial charge in [-0.1, -0.05) is 6.07 Å². The van der Waals surface area contributed by atoms with Crippen molar-refractivity contribution in [2.45, 2.75) is 30.8 Å². The number of aryl methyl sites for hydroxylation is 1. The van der Waals surface area contributed by atoms with Crippen LogP contribution >= 0.6 is 11.3 Å². The number of oxazole rings is 1. The van der Waals surface area contributed by atoms with E-state index in [1.54, 1.807) is 35.9 Å². The van der Waals surface area contributed by atoms with E-state index < -0.39 is 21.8 Å². The zero-order valence-corrected chi connectivity index (χ0v) is 17.2. The molecule has 1 aromatic carbocycles. The van der Waals surface area contributed by atoms with E-state index in [4.69, 9.17) is 4.42 Å². The summed E-state index contributed by atoms with van der Waals surface area (Å²) < 4.78 is 35.6. The van der Waals surface area contributed by atoms with Gasteiger partial charge in [-0.25, -0.2) is 17.9 Å². The lowest BCUT2D eigenvalue weighted by molar-refractivity contribution is 0.512. The van der Waals surface area contributed by atoms with Gasteiger partial charge in [-0.3, -0.25) is 9.55 Å². The Kier molecular flexibility index (Phi) is 5.35. The largest absolute Gasteiger partial charge is 0.419 e. The van der Waals surface area contributed by atoms with Crippen LogP contribution in [0.25, 0.3) is 11.1 Å². The molecule has 0 radical (unpaired) electrons. The summed E-state index contributed by atoms with van der Waals surface area (Å²) in [5.41, 5.74) is 2.62. The van der Waals surface area contributed by atoms with Crippen molar-refractivity contribution in [1.82, 2.24) is 14.3 Å². The molecule has 1 N–H and O–H groups in total. The summed E-state index contributed by atoms with van der Waals surface area (Å²) in [6.45, 7) is 2.27. The van der Waals surface area contributed by atoms with Gasteiger partial charge in [0.15, 0.2) is 5.58 Å². The van der Waals surface area contributed by atoms with Crippen LogP contribution in [-0.2, 0) is 23.0 Å². The third kappa shape index (κ3) is 4.02. The maximum absolute atomic E-state index is 13.1. The van der Waals surface area contributed by atoms with Gasteiger partial charge in [-0.15, -0.1) is 0 Å². The molecular weight excluding hydrogens is 410 g/mol. The van der Waals surface area contributed by atoms with Gasteiger partial charge >= 0.3 is 5.76 Å². The number of nitrogens with one attached hydrogen (secondary N) is 1. The smallest absolute Gasteiger partial charge is 0.408 e. The summed E-state index contributed by atoms with van der Waals surface area (Å²) >= 11 is 1.56. The van der Waals surface area contributed by atoms with E-state index in [1.807, 2.05) is 29.8 Å². The molecule has 0 bridgehead atoms. The summed E-state index contributed by atoms with van der Waals surface area (Å²) in [6.07, 6.45) is 3.80. The molecule has 29 heavy (non-hydrogen) atoms. The van der Waals surface area contributed by atoms with E-state index in [2.05, 4.69) is 9.71 Å². The Morgan fingerprint density at radius 2 is 2.14 bits per heavy atom. The molecule has 150 valence electrons. The highest BCUT2D eigenvalue weighted by atomic mass is 32.2. The first kappa shape index (κ1) is 19.6. The standard InChI is InChI=1S/C20H19N3O4S2/c1-2-23-18-6-5-16(11-19(18)27-20(23)24)29(25,26)22-17(10-14-7-9-28-13-14)15-4-3-8-21-12-15/h3-9,11-13,17,22H,2,10H2,1H3/t17-/m0/s1. The van der Waals surface area contributed by atoms with Crippen molar-refractivity contribution < 1.29 is 12.8 Å². The second-order valence-corrected chi connectivity index (χ2v) is 9.03. The highest BCUT2D eigenvalue weighted by molar-refractivity contribution is 7.89. The molecule has 9 heteroatoms. The number of rotatable bonds is 7. The highest BCUT2D eigenvalue weighted by Crippen LogP contribution is 2.24. The average molecular weight is 430 g/mol. The monoisotopic (exact) mass is 429 g/mol. The molecule has 4 aromatic rings. The topological polar surface area (TPSA) is 94.2 Å². The van der Waals surface area contributed by atoms with Crippen molar-refractivity contribution in [2.75, 3.05) is 0 Å². The van der Waals surface area contributed by atoms with Crippen molar-refractivity contribution in [3.05, 3.63) is 81.2 Å². The first-order valence-corrected chi connectivity index (χ1v) is 11.5. The van der Waals surface area contributed by atoms with Crippen LogP contribution < -0.4 is 10.5 Å². The Labute approximate surface area is 171 Å². The molecule has 4 rings (SSSR count). The fourth-order valence-electron chi connectivity index (χ4n) is 3.22. The molecular formula is C20H19N3O4S2. The lowest BCUT2D eigenvalue weighted by Crippen LogP contribution is -2.30. The van der Waals surface area contributed by atoms with Crippen molar-refractivity contribution in [3.63, 3.8) is 0 Å². The molecule has 0 saturated carbocycles. The van der Waals surface area contributed by atoms with E-state index in [1.165, 1.54) is 16.7 Å². The molecule has 0 amide bonds. The quantitative estimate of drug-likeness (QED) is 0.486. The molecule has 0 aliphatic heterocycles. The summed E-state index contributed by atoms with van der Waals surface area (Å²) in [5, 5.41) is 3.95. The fourth-order valence-corrected chi connectivity index (χ4v) is 5.14. The number of pyridine rings is 1. The van der Waals surface area contributed by atoms with Gasteiger partial charge in [-0.05, 0) is 59.5 Å². The van der Waals surface area contributed by atoms with E-state index >= 15 is 0 Å². The van der Waals surface area contributed by atoms with Crippen LogP contribution in [-0.4, -0.2) is 18.0 Å². The van der Waals surface area contributed by atoms with Gasteiger partial charge in [-0.2, -0.15) is 11.3 Å². The second-order valence-electron chi connectivity index (χ2n) is 6.54. The molecule has 0 aliphatic rings. The Morgan fingerprint density at radius 1 is 1.28 bits per heavy atom. The average Bonchev–Trinajstić information content (AvgIpc) is 3.33.